The van der Waals surface area contributed by atoms with Crippen LogP contribution in [0.5, 0.6) is 5.75 Å². The monoisotopic (exact) mass is 367 g/mol. The summed E-state index contributed by atoms with van der Waals surface area (Å²) < 4.78 is 5.18. The Balaban J connectivity index is 1.38. The molecule has 0 bridgehead atoms. The minimum atomic E-state index is 0.310. The minimum absolute atomic E-state index is 0.310. The van der Waals surface area contributed by atoms with Crippen LogP contribution in [0.2, 0.25) is 0 Å². The molecule has 1 aliphatic heterocycles. The molecular weight excluding hydrogens is 338 g/mol. The van der Waals surface area contributed by atoms with Gasteiger partial charge in [0, 0.05) is 37.9 Å². The predicted octanol–water partition coefficient (Wildman–Crippen LogP) is 3.19. The molecule has 1 saturated heterocycles. The Labute approximate surface area is 161 Å². The molecule has 1 N–H and O–H groups in total. The number of carbonyl (C=O) groups excluding carboxylic acids is 1. The fourth-order valence-corrected chi connectivity index (χ4v) is 3.65. The van der Waals surface area contributed by atoms with Gasteiger partial charge in [0.1, 0.15) is 5.75 Å². The van der Waals surface area contributed by atoms with E-state index in [0.29, 0.717) is 18.4 Å². The van der Waals surface area contributed by atoms with Crippen molar-refractivity contribution in [3.63, 3.8) is 0 Å². The number of aromatic nitrogens is 1. The molecular formula is C22H29N3O2. The lowest BCUT2D eigenvalue weighted by Gasteiger charge is -2.25. The number of nitrogens with zero attached hydrogens (tertiary/aromatic N) is 2. The van der Waals surface area contributed by atoms with Crippen LogP contribution in [0.25, 0.3) is 0 Å². The third-order valence-corrected chi connectivity index (χ3v) is 5.21. The second-order valence-electron chi connectivity index (χ2n) is 7.05. The van der Waals surface area contributed by atoms with Gasteiger partial charge in [0.25, 0.3) is 0 Å². The molecule has 0 saturated carbocycles. The van der Waals surface area contributed by atoms with Crippen molar-refractivity contribution in [1.82, 2.24) is 15.2 Å². The molecule has 5 nitrogen and oxygen atoms in total. The Kier molecular flexibility index (Phi) is 7.22. The molecule has 3 rings (SSSR count). The molecule has 144 valence electrons. The van der Waals surface area contributed by atoms with Crippen LogP contribution < -0.4 is 10.1 Å². The van der Waals surface area contributed by atoms with Crippen molar-refractivity contribution in [2.75, 3.05) is 20.2 Å². The van der Waals surface area contributed by atoms with E-state index in [1.807, 2.05) is 36.7 Å². The molecule has 0 aliphatic carbocycles. The zero-order valence-electron chi connectivity index (χ0n) is 16.1. The normalized spacial score (nSPS) is 16.7. The molecule has 27 heavy (non-hydrogen) atoms. The van der Waals surface area contributed by atoms with E-state index in [2.05, 4.69) is 27.3 Å². The highest BCUT2D eigenvalue weighted by Crippen LogP contribution is 2.22. The maximum absolute atomic E-state index is 12.2. The van der Waals surface area contributed by atoms with Crippen LogP contribution in [0.4, 0.5) is 0 Å². The number of aryl methyl sites for hydroxylation is 1. The van der Waals surface area contributed by atoms with Gasteiger partial charge in [0.05, 0.1) is 7.11 Å². The first-order chi connectivity index (χ1) is 13.3. The third-order valence-electron chi connectivity index (χ3n) is 5.21. The number of hydrogen-bond donors (Lipinski definition) is 1. The zero-order chi connectivity index (χ0) is 18.9. The number of amides is 1. The summed E-state index contributed by atoms with van der Waals surface area (Å²) in [4.78, 5) is 18.4. The van der Waals surface area contributed by atoms with Gasteiger partial charge in [-0.1, -0.05) is 12.1 Å². The summed E-state index contributed by atoms with van der Waals surface area (Å²) in [5.41, 5.74) is 2.53. The van der Waals surface area contributed by atoms with Crippen molar-refractivity contribution in [2.45, 2.75) is 44.7 Å². The van der Waals surface area contributed by atoms with Crippen molar-refractivity contribution in [3.8, 4) is 5.75 Å². The number of nitrogens with one attached hydrogen (secondary N) is 1. The summed E-state index contributed by atoms with van der Waals surface area (Å²) >= 11 is 0. The molecule has 1 atom stereocenters. The third kappa shape index (κ3) is 5.79. The van der Waals surface area contributed by atoms with Crippen LogP contribution in [-0.2, 0) is 17.8 Å². The lowest BCUT2D eigenvalue weighted by Crippen LogP contribution is -2.36. The summed E-state index contributed by atoms with van der Waals surface area (Å²) in [6.07, 6.45) is 8.34. The van der Waals surface area contributed by atoms with Gasteiger partial charge in [0.2, 0.25) is 5.91 Å². The SMILES string of the molecule is COc1ccc(CNCCC2CCC(=O)N2CCCc2ccncc2)cc1. The van der Waals surface area contributed by atoms with Crippen molar-refractivity contribution in [1.29, 1.82) is 0 Å². The van der Waals surface area contributed by atoms with E-state index in [1.54, 1.807) is 7.11 Å². The van der Waals surface area contributed by atoms with E-state index in [-0.39, 0.29) is 0 Å². The molecule has 1 aromatic carbocycles. The second-order valence-corrected chi connectivity index (χ2v) is 7.05. The van der Waals surface area contributed by atoms with E-state index in [9.17, 15) is 4.79 Å². The number of ether oxygens (including phenoxy) is 1. The number of carbonyl (C=O) groups is 1. The fourth-order valence-electron chi connectivity index (χ4n) is 3.65. The van der Waals surface area contributed by atoms with Crippen molar-refractivity contribution in [2.24, 2.45) is 0 Å². The number of rotatable bonds is 10. The van der Waals surface area contributed by atoms with Crippen LogP contribution in [-0.4, -0.2) is 42.0 Å². The number of methoxy groups -OCH3 is 1. The van der Waals surface area contributed by atoms with Gasteiger partial charge in [-0.25, -0.2) is 0 Å². The first kappa shape index (κ1) is 19.4. The Hall–Kier alpha value is -2.40. The highest BCUT2D eigenvalue weighted by atomic mass is 16.5. The van der Waals surface area contributed by atoms with Gasteiger partial charge in [-0.05, 0) is 67.6 Å². The van der Waals surface area contributed by atoms with Gasteiger partial charge >= 0.3 is 0 Å². The molecule has 2 heterocycles. The zero-order valence-corrected chi connectivity index (χ0v) is 16.1. The van der Waals surface area contributed by atoms with Crippen molar-refractivity contribution >= 4 is 5.91 Å². The van der Waals surface area contributed by atoms with Gasteiger partial charge in [-0.15, -0.1) is 0 Å². The van der Waals surface area contributed by atoms with E-state index >= 15 is 0 Å². The average Bonchev–Trinajstić information content (AvgIpc) is 3.06. The highest BCUT2D eigenvalue weighted by molar-refractivity contribution is 5.78. The Morgan fingerprint density at radius 1 is 1.15 bits per heavy atom. The minimum Gasteiger partial charge on any atom is -0.497 e. The Bertz CT molecular complexity index is 703. The maximum atomic E-state index is 12.2. The van der Waals surface area contributed by atoms with Gasteiger partial charge in [0.15, 0.2) is 0 Å². The number of likely N-dealkylation sites (tertiary alicyclic amines) is 1. The van der Waals surface area contributed by atoms with Crippen LogP contribution in [0.3, 0.4) is 0 Å². The molecule has 0 spiro atoms. The smallest absolute Gasteiger partial charge is 0.222 e. The predicted molar refractivity (Wildman–Crippen MR) is 107 cm³/mol. The maximum Gasteiger partial charge on any atom is 0.222 e. The molecule has 1 fully saturated rings. The van der Waals surface area contributed by atoms with Gasteiger partial charge in [-0.3, -0.25) is 9.78 Å². The van der Waals surface area contributed by atoms with Crippen LogP contribution >= 0.6 is 0 Å². The molecule has 2 aromatic rings. The Morgan fingerprint density at radius 2 is 1.93 bits per heavy atom. The van der Waals surface area contributed by atoms with E-state index in [0.717, 1.165) is 51.1 Å². The summed E-state index contributed by atoms with van der Waals surface area (Å²) in [5.74, 6) is 1.19. The topological polar surface area (TPSA) is 54.5 Å². The van der Waals surface area contributed by atoms with E-state index < -0.39 is 0 Å². The number of benzene rings is 1. The highest BCUT2D eigenvalue weighted by Gasteiger charge is 2.29. The van der Waals surface area contributed by atoms with Crippen molar-refractivity contribution < 1.29 is 9.53 Å². The van der Waals surface area contributed by atoms with Crippen LogP contribution in [0.15, 0.2) is 48.8 Å². The molecule has 1 amide bonds. The molecule has 5 heteroatoms. The molecule has 1 unspecified atom stereocenters. The standard InChI is InChI=1S/C22H29N3O2/c1-27-21-7-4-19(5-8-21)17-24-15-12-20-6-9-22(26)25(20)16-2-3-18-10-13-23-14-11-18/h4-5,7-8,10-11,13-14,20,24H,2-3,6,9,12,15-17H2,1H3. The Morgan fingerprint density at radius 3 is 2.67 bits per heavy atom. The van der Waals surface area contributed by atoms with Gasteiger partial charge < -0.3 is 15.0 Å². The summed E-state index contributed by atoms with van der Waals surface area (Å²) in [7, 11) is 1.68. The summed E-state index contributed by atoms with van der Waals surface area (Å²) in [5, 5.41) is 3.50. The van der Waals surface area contributed by atoms with Gasteiger partial charge in [-0.2, -0.15) is 0 Å². The van der Waals surface area contributed by atoms with E-state index in [1.165, 1.54) is 11.1 Å². The van der Waals surface area contributed by atoms with E-state index in [4.69, 9.17) is 4.74 Å². The lowest BCUT2D eigenvalue weighted by atomic mass is 10.1. The lowest BCUT2D eigenvalue weighted by molar-refractivity contribution is -0.129. The first-order valence-corrected chi connectivity index (χ1v) is 9.78. The number of hydrogen-bond acceptors (Lipinski definition) is 4. The van der Waals surface area contributed by atoms with Crippen molar-refractivity contribution in [3.05, 3.63) is 59.9 Å². The largest absolute Gasteiger partial charge is 0.497 e. The van der Waals surface area contributed by atoms with Crippen LogP contribution in [0.1, 0.15) is 36.8 Å². The molecule has 0 radical (unpaired) electrons. The quantitative estimate of drug-likeness (QED) is 0.655. The average molecular weight is 367 g/mol. The molecule has 1 aliphatic rings. The number of pyridine rings is 1. The van der Waals surface area contributed by atoms with Crippen LogP contribution in [0, 0.1) is 0 Å². The molecule has 1 aromatic heterocycles. The second kappa shape index (κ2) is 10.1. The summed E-state index contributed by atoms with van der Waals surface area (Å²) in [6.45, 7) is 2.61. The first-order valence-electron chi connectivity index (χ1n) is 9.78. The fraction of sp³-hybridized carbons (Fsp3) is 0.455. The summed E-state index contributed by atoms with van der Waals surface area (Å²) in [6, 6.07) is 12.6.